The molecule has 0 N–H and O–H groups in total. The molecular formula is C12H10F3N3O. The van der Waals surface area contributed by atoms with Crippen molar-refractivity contribution in [3.05, 3.63) is 58.0 Å². The maximum atomic E-state index is 12.5. The SMILES string of the molecule is Cc1cnc(Cn2cc(C(F)(F)F)ccc2=O)cn1. The fraction of sp³-hybridized carbons (Fsp3) is 0.250. The van der Waals surface area contributed by atoms with E-state index in [1.807, 2.05) is 0 Å². The smallest absolute Gasteiger partial charge is 0.309 e. The van der Waals surface area contributed by atoms with Crippen molar-refractivity contribution >= 4 is 0 Å². The zero-order valence-electron chi connectivity index (χ0n) is 9.98. The number of rotatable bonds is 2. The minimum absolute atomic E-state index is 0.0456. The summed E-state index contributed by atoms with van der Waals surface area (Å²) < 4.78 is 38.6. The molecule has 4 nitrogen and oxygen atoms in total. The van der Waals surface area contributed by atoms with Gasteiger partial charge in [0, 0.05) is 18.5 Å². The second-order valence-corrected chi connectivity index (χ2v) is 4.03. The Morgan fingerprint density at radius 2 is 1.95 bits per heavy atom. The van der Waals surface area contributed by atoms with Gasteiger partial charge in [0.25, 0.3) is 5.56 Å². The van der Waals surface area contributed by atoms with Crippen LogP contribution in [0.5, 0.6) is 0 Å². The van der Waals surface area contributed by atoms with Crippen LogP contribution in [0.1, 0.15) is 17.0 Å². The Kier molecular flexibility index (Phi) is 3.37. The minimum atomic E-state index is -4.48. The van der Waals surface area contributed by atoms with Gasteiger partial charge in [-0.3, -0.25) is 14.8 Å². The van der Waals surface area contributed by atoms with Crippen LogP contribution in [0.25, 0.3) is 0 Å². The Morgan fingerprint density at radius 3 is 2.53 bits per heavy atom. The highest BCUT2D eigenvalue weighted by Crippen LogP contribution is 2.28. The van der Waals surface area contributed by atoms with E-state index in [4.69, 9.17) is 0 Å². The Labute approximate surface area is 106 Å². The predicted octanol–water partition coefficient (Wildman–Crippen LogP) is 2.01. The summed E-state index contributed by atoms with van der Waals surface area (Å²) in [4.78, 5) is 19.5. The molecule has 2 heterocycles. The molecule has 0 spiro atoms. The standard InChI is InChI=1S/C12H10F3N3O/c1-8-4-17-10(5-16-8)7-18-6-9(12(13,14)15)2-3-11(18)19/h2-6H,7H2,1H3. The lowest BCUT2D eigenvalue weighted by Crippen LogP contribution is -2.22. The largest absolute Gasteiger partial charge is 0.417 e. The second kappa shape index (κ2) is 4.83. The van der Waals surface area contributed by atoms with E-state index in [2.05, 4.69) is 9.97 Å². The van der Waals surface area contributed by atoms with Crippen LogP contribution in [0.2, 0.25) is 0 Å². The summed E-state index contributed by atoms with van der Waals surface area (Å²) in [5, 5.41) is 0. The van der Waals surface area contributed by atoms with E-state index in [0.29, 0.717) is 11.4 Å². The molecule has 0 aromatic carbocycles. The molecule has 0 bridgehead atoms. The lowest BCUT2D eigenvalue weighted by Gasteiger charge is -2.10. The minimum Gasteiger partial charge on any atom is -0.309 e. The highest BCUT2D eigenvalue weighted by molar-refractivity contribution is 5.14. The van der Waals surface area contributed by atoms with Gasteiger partial charge in [0.1, 0.15) is 0 Å². The first-order chi connectivity index (χ1) is 8.86. The predicted molar refractivity (Wildman–Crippen MR) is 61.6 cm³/mol. The van der Waals surface area contributed by atoms with Gasteiger partial charge in [-0.1, -0.05) is 0 Å². The first kappa shape index (κ1) is 13.3. The Bertz CT molecular complexity index is 632. The fourth-order valence-electron chi connectivity index (χ4n) is 1.50. The first-order valence-corrected chi connectivity index (χ1v) is 5.41. The molecule has 19 heavy (non-hydrogen) atoms. The Balaban J connectivity index is 2.34. The number of aryl methyl sites for hydroxylation is 1. The van der Waals surface area contributed by atoms with Crippen molar-refractivity contribution in [3.8, 4) is 0 Å². The summed E-state index contributed by atoms with van der Waals surface area (Å²) >= 11 is 0. The molecule has 0 radical (unpaired) electrons. The molecule has 2 aromatic rings. The molecule has 0 saturated carbocycles. The van der Waals surface area contributed by atoms with Crippen molar-refractivity contribution < 1.29 is 13.2 Å². The number of aromatic nitrogens is 3. The summed E-state index contributed by atoms with van der Waals surface area (Å²) in [5.74, 6) is 0. The molecule has 0 saturated heterocycles. The maximum absolute atomic E-state index is 12.5. The van der Waals surface area contributed by atoms with Crippen molar-refractivity contribution in [1.82, 2.24) is 14.5 Å². The van der Waals surface area contributed by atoms with Crippen molar-refractivity contribution in [2.45, 2.75) is 19.6 Å². The van der Waals surface area contributed by atoms with Crippen LogP contribution in [0, 0.1) is 6.92 Å². The number of alkyl halides is 3. The molecule has 0 aliphatic carbocycles. The van der Waals surface area contributed by atoms with Crippen molar-refractivity contribution in [1.29, 1.82) is 0 Å². The highest BCUT2D eigenvalue weighted by Gasteiger charge is 2.31. The topological polar surface area (TPSA) is 47.8 Å². The molecular weight excluding hydrogens is 259 g/mol. The van der Waals surface area contributed by atoms with Gasteiger partial charge < -0.3 is 4.57 Å². The molecule has 0 unspecified atom stereocenters. The van der Waals surface area contributed by atoms with Crippen molar-refractivity contribution in [2.24, 2.45) is 0 Å². The number of hydrogen-bond acceptors (Lipinski definition) is 3. The van der Waals surface area contributed by atoms with Crippen LogP contribution in [0.15, 0.2) is 35.5 Å². The average Bonchev–Trinajstić information content (AvgIpc) is 2.33. The van der Waals surface area contributed by atoms with E-state index in [-0.39, 0.29) is 6.54 Å². The summed E-state index contributed by atoms with van der Waals surface area (Å²) in [6.07, 6.45) is -0.770. The van der Waals surface area contributed by atoms with Crippen molar-refractivity contribution in [2.75, 3.05) is 0 Å². The third kappa shape index (κ3) is 3.18. The van der Waals surface area contributed by atoms with E-state index in [1.165, 1.54) is 12.4 Å². The Morgan fingerprint density at radius 1 is 1.21 bits per heavy atom. The van der Waals surface area contributed by atoms with Crippen LogP contribution >= 0.6 is 0 Å². The molecule has 2 aromatic heterocycles. The molecule has 0 aliphatic rings. The van der Waals surface area contributed by atoms with Gasteiger partial charge in [0.2, 0.25) is 0 Å². The van der Waals surface area contributed by atoms with Gasteiger partial charge in [-0.05, 0) is 13.0 Å². The zero-order chi connectivity index (χ0) is 14.0. The van der Waals surface area contributed by atoms with E-state index < -0.39 is 17.3 Å². The number of hydrogen-bond donors (Lipinski definition) is 0. The zero-order valence-corrected chi connectivity index (χ0v) is 9.98. The summed E-state index contributed by atoms with van der Waals surface area (Å²) in [5.41, 5.74) is -0.269. The molecule has 0 amide bonds. The van der Waals surface area contributed by atoms with Crippen LogP contribution in [0.3, 0.4) is 0 Å². The number of halogens is 3. The molecule has 7 heteroatoms. The fourth-order valence-corrected chi connectivity index (χ4v) is 1.50. The monoisotopic (exact) mass is 269 g/mol. The second-order valence-electron chi connectivity index (χ2n) is 4.03. The van der Waals surface area contributed by atoms with Gasteiger partial charge >= 0.3 is 6.18 Å². The van der Waals surface area contributed by atoms with Gasteiger partial charge in [0.15, 0.2) is 0 Å². The average molecular weight is 269 g/mol. The maximum Gasteiger partial charge on any atom is 0.417 e. The van der Waals surface area contributed by atoms with Gasteiger partial charge in [-0.15, -0.1) is 0 Å². The first-order valence-electron chi connectivity index (χ1n) is 5.41. The lowest BCUT2D eigenvalue weighted by molar-refractivity contribution is -0.138. The summed E-state index contributed by atoms with van der Waals surface area (Å²) in [7, 11) is 0. The van der Waals surface area contributed by atoms with E-state index in [0.717, 1.165) is 22.9 Å². The Hall–Kier alpha value is -2.18. The molecule has 0 fully saturated rings. The number of pyridine rings is 1. The molecule has 2 rings (SSSR count). The van der Waals surface area contributed by atoms with Crippen molar-refractivity contribution in [3.63, 3.8) is 0 Å². The van der Waals surface area contributed by atoms with Gasteiger partial charge in [-0.25, -0.2) is 0 Å². The van der Waals surface area contributed by atoms with Crippen LogP contribution in [-0.4, -0.2) is 14.5 Å². The van der Waals surface area contributed by atoms with E-state index >= 15 is 0 Å². The molecule has 0 atom stereocenters. The molecule has 0 aliphatic heterocycles. The van der Waals surface area contributed by atoms with Crippen LogP contribution in [-0.2, 0) is 12.7 Å². The van der Waals surface area contributed by atoms with Crippen LogP contribution < -0.4 is 5.56 Å². The van der Waals surface area contributed by atoms with Gasteiger partial charge in [-0.2, -0.15) is 13.2 Å². The third-order valence-electron chi connectivity index (χ3n) is 2.48. The van der Waals surface area contributed by atoms with E-state index in [9.17, 15) is 18.0 Å². The van der Waals surface area contributed by atoms with E-state index in [1.54, 1.807) is 6.92 Å². The normalized spacial score (nSPS) is 11.6. The lowest BCUT2D eigenvalue weighted by atomic mass is 10.2. The quantitative estimate of drug-likeness (QED) is 0.838. The number of nitrogens with zero attached hydrogens (tertiary/aromatic N) is 3. The summed E-state index contributed by atoms with van der Waals surface area (Å²) in [6, 6.07) is 1.66. The third-order valence-corrected chi connectivity index (χ3v) is 2.48. The van der Waals surface area contributed by atoms with Gasteiger partial charge in [0.05, 0.1) is 29.7 Å². The highest BCUT2D eigenvalue weighted by atomic mass is 19.4. The summed E-state index contributed by atoms with van der Waals surface area (Å²) in [6.45, 7) is 1.70. The molecule has 100 valence electrons. The van der Waals surface area contributed by atoms with Crippen LogP contribution in [0.4, 0.5) is 13.2 Å².